The summed E-state index contributed by atoms with van der Waals surface area (Å²) < 4.78 is 0. The minimum atomic E-state index is -0.729. The monoisotopic (exact) mass is 181 g/mol. The smallest absolute Gasteiger partial charge is 0.223 e. The standard InChI is InChI=1S/C8H11N3O2/c1-5(12)8-10-3-2-6(11-8)4-7(9)13/h2-3,5,12H,4H2,1H3,(H2,9,13). The largest absolute Gasteiger partial charge is 0.385 e. The maximum atomic E-state index is 10.5. The molecule has 1 atom stereocenters. The number of aromatic nitrogens is 2. The fourth-order valence-electron chi connectivity index (χ4n) is 0.891. The number of carbonyl (C=O) groups excluding carboxylic acids is 1. The van der Waals surface area contributed by atoms with Crippen LogP contribution in [0.25, 0.3) is 0 Å². The zero-order valence-corrected chi connectivity index (χ0v) is 7.27. The number of hydrogen-bond acceptors (Lipinski definition) is 4. The van der Waals surface area contributed by atoms with Crippen LogP contribution in [0.2, 0.25) is 0 Å². The van der Waals surface area contributed by atoms with Gasteiger partial charge >= 0.3 is 0 Å². The second-order valence-electron chi connectivity index (χ2n) is 2.73. The maximum absolute atomic E-state index is 10.5. The number of carbonyl (C=O) groups is 1. The minimum Gasteiger partial charge on any atom is -0.385 e. The molecule has 0 aromatic carbocycles. The zero-order valence-electron chi connectivity index (χ0n) is 7.27. The number of hydrogen-bond donors (Lipinski definition) is 2. The van der Waals surface area contributed by atoms with E-state index in [0.717, 1.165) is 0 Å². The second-order valence-corrected chi connectivity index (χ2v) is 2.73. The Kier molecular flexibility index (Phi) is 2.92. The van der Waals surface area contributed by atoms with Crippen molar-refractivity contribution in [1.82, 2.24) is 9.97 Å². The van der Waals surface area contributed by atoms with Crippen LogP contribution in [0, 0.1) is 0 Å². The Labute approximate surface area is 75.6 Å². The van der Waals surface area contributed by atoms with E-state index in [1.165, 1.54) is 6.20 Å². The number of primary amides is 1. The van der Waals surface area contributed by atoms with Gasteiger partial charge in [0.1, 0.15) is 6.10 Å². The first kappa shape index (κ1) is 9.60. The molecule has 1 heterocycles. The molecule has 0 aliphatic rings. The lowest BCUT2D eigenvalue weighted by Gasteiger charge is -2.03. The Morgan fingerprint density at radius 3 is 3.00 bits per heavy atom. The molecule has 1 aromatic rings. The third-order valence-electron chi connectivity index (χ3n) is 1.46. The number of amides is 1. The molecule has 0 fully saturated rings. The lowest BCUT2D eigenvalue weighted by atomic mass is 10.3. The average molecular weight is 181 g/mol. The summed E-state index contributed by atoms with van der Waals surface area (Å²) in [5.74, 6) is -0.144. The van der Waals surface area contributed by atoms with Gasteiger partial charge in [0.2, 0.25) is 5.91 Å². The van der Waals surface area contributed by atoms with Crippen LogP contribution in [0.15, 0.2) is 12.3 Å². The lowest BCUT2D eigenvalue weighted by molar-refractivity contribution is -0.117. The van der Waals surface area contributed by atoms with Gasteiger partial charge in [0, 0.05) is 6.20 Å². The molecule has 0 spiro atoms. The predicted molar refractivity (Wildman–Crippen MR) is 45.6 cm³/mol. The van der Waals surface area contributed by atoms with Gasteiger partial charge in [-0.15, -0.1) is 0 Å². The molecule has 70 valence electrons. The molecular formula is C8H11N3O2. The molecule has 0 aliphatic heterocycles. The van der Waals surface area contributed by atoms with Gasteiger partial charge < -0.3 is 10.8 Å². The van der Waals surface area contributed by atoms with E-state index in [1.54, 1.807) is 13.0 Å². The Hall–Kier alpha value is -1.49. The Morgan fingerprint density at radius 1 is 1.77 bits per heavy atom. The van der Waals surface area contributed by atoms with Gasteiger partial charge in [0.15, 0.2) is 5.82 Å². The van der Waals surface area contributed by atoms with Crippen LogP contribution < -0.4 is 5.73 Å². The third kappa shape index (κ3) is 2.79. The van der Waals surface area contributed by atoms with Crippen molar-refractivity contribution in [3.05, 3.63) is 23.8 Å². The van der Waals surface area contributed by atoms with Crippen molar-refractivity contribution in [2.45, 2.75) is 19.4 Å². The molecular weight excluding hydrogens is 170 g/mol. The SMILES string of the molecule is CC(O)c1nccc(CC(N)=O)n1. The van der Waals surface area contributed by atoms with Gasteiger partial charge in [-0.2, -0.15) is 0 Å². The molecule has 0 saturated carbocycles. The molecule has 3 N–H and O–H groups in total. The number of rotatable bonds is 3. The molecule has 1 unspecified atom stereocenters. The molecule has 1 aromatic heterocycles. The molecule has 0 bridgehead atoms. The van der Waals surface area contributed by atoms with E-state index in [-0.39, 0.29) is 6.42 Å². The molecule has 1 rings (SSSR count). The highest BCUT2D eigenvalue weighted by Crippen LogP contribution is 2.05. The van der Waals surface area contributed by atoms with Gasteiger partial charge in [-0.1, -0.05) is 0 Å². The van der Waals surface area contributed by atoms with E-state index in [9.17, 15) is 4.79 Å². The van der Waals surface area contributed by atoms with Gasteiger partial charge in [0.25, 0.3) is 0 Å². The second kappa shape index (κ2) is 3.95. The van der Waals surface area contributed by atoms with Crippen LogP contribution in [0.4, 0.5) is 0 Å². The highest BCUT2D eigenvalue weighted by Gasteiger charge is 2.06. The summed E-state index contributed by atoms with van der Waals surface area (Å²) in [5.41, 5.74) is 5.52. The summed E-state index contributed by atoms with van der Waals surface area (Å²) in [4.78, 5) is 18.3. The molecule has 0 saturated heterocycles. The summed E-state index contributed by atoms with van der Waals surface area (Å²) in [7, 11) is 0. The third-order valence-corrected chi connectivity index (χ3v) is 1.46. The van der Waals surface area contributed by atoms with Crippen LogP contribution in [-0.2, 0) is 11.2 Å². The van der Waals surface area contributed by atoms with Crippen molar-refractivity contribution in [3.63, 3.8) is 0 Å². The summed E-state index contributed by atoms with van der Waals surface area (Å²) in [6.45, 7) is 1.56. The molecule has 5 nitrogen and oxygen atoms in total. The summed E-state index contributed by atoms with van der Waals surface area (Å²) in [6.07, 6.45) is 0.836. The fourth-order valence-corrected chi connectivity index (χ4v) is 0.891. The molecule has 0 aliphatic carbocycles. The Morgan fingerprint density at radius 2 is 2.46 bits per heavy atom. The average Bonchev–Trinajstić information content (AvgIpc) is 2.03. The zero-order chi connectivity index (χ0) is 9.84. The van der Waals surface area contributed by atoms with Crippen molar-refractivity contribution >= 4 is 5.91 Å². The van der Waals surface area contributed by atoms with E-state index in [1.807, 2.05) is 0 Å². The van der Waals surface area contributed by atoms with Crippen molar-refractivity contribution in [3.8, 4) is 0 Å². The van der Waals surface area contributed by atoms with Gasteiger partial charge in [-0.05, 0) is 13.0 Å². The van der Waals surface area contributed by atoms with E-state index < -0.39 is 12.0 Å². The fraction of sp³-hybridized carbons (Fsp3) is 0.375. The van der Waals surface area contributed by atoms with Crippen LogP contribution >= 0.6 is 0 Å². The van der Waals surface area contributed by atoms with Crippen LogP contribution in [0.5, 0.6) is 0 Å². The van der Waals surface area contributed by atoms with E-state index in [2.05, 4.69) is 9.97 Å². The lowest BCUT2D eigenvalue weighted by Crippen LogP contribution is -2.15. The molecule has 1 amide bonds. The molecule has 0 radical (unpaired) electrons. The van der Waals surface area contributed by atoms with E-state index in [4.69, 9.17) is 10.8 Å². The van der Waals surface area contributed by atoms with Gasteiger partial charge in [0.05, 0.1) is 12.1 Å². The van der Waals surface area contributed by atoms with E-state index >= 15 is 0 Å². The van der Waals surface area contributed by atoms with Crippen LogP contribution in [0.3, 0.4) is 0 Å². The summed E-state index contributed by atoms with van der Waals surface area (Å²) in [6, 6.07) is 1.59. The number of nitrogens with two attached hydrogens (primary N) is 1. The van der Waals surface area contributed by atoms with Crippen molar-refractivity contribution in [1.29, 1.82) is 0 Å². The van der Waals surface area contributed by atoms with Crippen molar-refractivity contribution in [2.75, 3.05) is 0 Å². The quantitative estimate of drug-likeness (QED) is 0.661. The van der Waals surface area contributed by atoms with Crippen LogP contribution in [0.1, 0.15) is 24.5 Å². The Bertz CT molecular complexity index is 312. The van der Waals surface area contributed by atoms with Crippen molar-refractivity contribution in [2.24, 2.45) is 5.73 Å². The predicted octanol–water partition coefficient (Wildman–Crippen LogP) is -0.442. The highest BCUT2D eigenvalue weighted by atomic mass is 16.3. The topological polar surface area (TPSA) is 89.1 Å². The minimum absolute atomic E-state index is 0.0717. The maximum Gasteiger partial charge on any atom is 0.223 e. The van der Waals surface area contributed by atoms with Gasteiger partial charge in [-0.3, -0.25) is 4.79 Å². The normalized spacial score (nSPS) is 12.5. The first-order chi connectivity index (χ1) is 6.09. The summed E-state index contributed by atoms with van der Waals surface area (Å²) in [5, 5.41) is 9.14. The highest BCUT2D eigenvalue weighted by molar-refractivity contribution is 5.75. The number of aliphatic hydroxyl groups excluding tert-OH is 1. The van der Waals surface area contributed by atoms with Gasteiger partial charge in [-0.25, -0.2) is 9.97 Å². The molecule has 5 heteroatoms. The molecule has 13 heavy (non-hydrogen) atoms. The number of nitrogens with zero attached hydrogens (tertiary/aromatic N) is 2. The first-order valence-electron chi connectivity index (χ1n) is 3.88. The Balaban J connectivity index is 2.85. The summed E-state index contributed by atoms with van der Waals surface area (Å²) >= 11 is 0. The number of aliphatic hydroxyl groups is 1. The van der Waals surface area contributed by atoms with Crippen molar-refractivity contribution < 1.29 is 9.90 Å². The first-order valence-corrected chi connectivity index (χ1v) is 3.88. The van der Waals surface area contributed by atoms with Crippen LogP contribution in [-0.4, -0.2) is 21.0 Å². The van der Waals surface area contributed by atoms with E-state index in [0.29, 0.717) is 11.5 Å².